The number of benzene rings is 2. The van der Waals surface area contributed by atoms with Crippen molar-refractivity contribution in [1.29, 1.82) is 0 Å². The molecule has 0 saturated carbocycles. The molecular formula is C21H27N3O4. The van der Waals surface area contributed by atoms with Crippen molar-refractivity contribution in [3.8, 4) is 11.5 Å². The molecule has 0 atom stereocenters. The van der Waals surface area contributed by atoms with E-state index < -0.39 is 5.41 Å². The third kappa shape index (κ3) is 6.19. The van der Waals surface area contributed by atoms with Gasteiger partial charge in [0.2, 0.25) is 11.8 Å². The molecule has 3 N–H and O–H groups in total. The number of nitrogens with one attached hydrogen (secondary N) is 3. The predicted octanol–water partition coefficient (Wildman–Crippen LogP) is 3.74. The number of carbonyl (C=O) groups excluding carboxylic acids is 2. The summed E-state index contributed by atoms with van der Waals surface area (Å²) in [4.78, 5) is 24.4. The van der Waals surface area contributed by atoms with E-state index in [1.807, 2.05) is 32.9 Å². The molecule has 0 aliphatic carbocycles. The largest absolute Gasteiger partial charge is 0.497 e. The van der Waals surface area contributed by atoms with Gasteiger partial charge in [-0.2, -0.15) is 0 Å². The van der Waals surface area contributed by atoms with Gasteiger partial charge in [-0.25, -0.2) is 0 Å². The lowest BCUT2D eigenvalue weighted by atomic mass is 9.95. The zero-order valence-corrected chi connectivity index (χ0v) is 16.9. The van der Waals surface area contributed by atoms with Crippen LogP contribution in [-0.2, 0) is 9.59 Å². The molecule has 0 heterocycles. The van der Waals surface area contributed by atoms with Crippen molar-refractivity contribution in [1.82, 2.24) is 0 Å². The van der Waals surface area contributed by atoms with Crippen LogP contribution in [0.5, 0.6) is 11.5 Å². The summed E-state index contributed by atoms with van der Waals surface area (Å²) in [5.74, 6) is 0.878. The molecule has 0 aromatic heterocycles. The number of rotatable bonds is 7. The molecule has 0 fully saturated rings. The maximum atomic E-state index is 12.3. The van der Waals surface area contributed by atoms with E-state index in [0.717, 1.165) is 5.69 Å². The Hall–Kier alpha value is -3.22. The summed E-state index contributed by atoms with van der Waals surface area (Å²) in [5.41, 5.74) is 1.49. The summed E-state index contributed by atoms with van der Waals surface area (Å²) >= 11 is 0. The van der Waals surface area contributed by atoms with E-state index in [1.54, 1.807) is 44.6 Å². The maximum Gasteiger partial charge on any atom is 0.243 e. The van der Waals surface area contributed by atoms with Gasteiger partial charge in [0, 0.05) is 40.7 Å². The van der Waals surface area contributed by atoms with E-state index in [0.29, 0.717) is 22.9 Å². The molecule has 28 heavy (non-hydrogen) atoms. The highest BCUT2D eigenvalue weighted by Crippen LogP contribution is 2.25. The van der Waals surface area contributed by atoms with Gasteiger partial charge in [-0.1, -0.05) is 26.8 Å². The first kappa shape index (κ1) is 21.1. The van der Waals surface area contributed by atoms with Gasteiger partial charge in [-0.05, 0) is 18.2 Å². The van der Waals surface area contributed by atoms with Gasteiger partial charge in [0.25, 0.3) is 0 Å². The molecule has 0 unspecified atom stereocenters. The molecular weight excluding hydrogens is 358 g/mol. The summed E-state index contributed by atoms with van der Waals surface area (Å²) in [5, 5.41) is 8.71. The van der Waals surface area contributed by atoms with Crippen LogP contribution in [0.25, 0.3) is 0 Å². The highest BCUT2D eigenvalue weighted by atomic mass is 16.5. The summed E-state index contributed by atoms with van der Waals surface area (Å²) in [6.07, 6.45) is 0. The molecule has 2 amide bonds. The van der Waals surface area contributed by atoms with Gasteiger partial charge in [-0.3, -0.25) is 9.59 Å². The van der Waals surface area contributed by atoms with Crippen LogP contribution in [-0.4, -0.2) is 32.6 Å². The van der Waals surface area contributed by atoms with Gasteiger partial charge in [0.05, 0.1) is 20.8 Å². The lowest BCUT2D eigenvalue weighted by molar-refractivity contribution is -0.123. The van der Waals surface area contributed by atoms with Crippen LogP contribution in [0.2, 0.25) is 0 Å². The Morgan fingerprint density at radius 1 is 0.857 bits per heavy atom. The Bertz CT molecular complexity index is 822. The maximum absolute atomic E-state index is 12.3. The lowest BCUT2D eigenvalue weighted by Crippen LogP contribution is -2.27. The monoisotopic (exact) mass is 385 g/mol. The Labute approximate surface area is 165 Å². The number of amides is 2. The number of hydrogen-bond donors (Lipinski definition) is 3. The first-order valence-electron chi connectivity index (χ1n) is 8.89. The number of hydrogen-bond acceptors (Lipinski definition) is 5. The summed E-state index contributed by atoms with van der Waals surface area (Å²) < 4.78 is 10.4. The summed E-state index contributed by atoms with van der Waals surface area (Å²) in [6.45, 7) is 5.61. The molecule has 0 aliphatic heterocycles. The fourth-order valence-corrected chi connectivity index (χ4v) is 2.29. The highest BCUT2D eigenvalue weighted by Gasteiger charge is 2.21. The van der Waals surface area contributed by atoms with Crippen LogP contribution in [0, 0.1) is 5.41 Å². The van der Waals surface area contributed by atoms with E-state index in [2.05, 4.69) is 16.0 Å². The van der Waals surface area contributed by atoms with E-state index >= 15 is 0 Å². The van der Waals surface area contributed by atoms with Gasteiger partial charge in [0.15, 0.2) is 0 Å². The lowest BCUT2D eigenvalue weighted by Gasteiger charge is -2.18. The fourth-order valence-electron chi connectivity index (χ4n) is 2.29. The molecule has 7 nitrogen and oxygen atoms in total. The van der Waals surface area contributed by atoms with Crippen molar-refractivity contribution < 1.29 is 19.1 Å². The number of methoxy groups -OCH3 is 2. The SMILES string of the molecule is COc1cc(NC(=O)CNc2cccc(NC(=O)C(C)(C)C)c2)cc(OC)c1. The average Bonchev–Trinajstić information content (AvgIpc) is 2.65. The molecule has 150 valence electrons. The molecule has 7 heteroatoms. The van der Waals surface area contributed by atoms with Gasteiger partial charge < -0.3 is 25.4 Å². The Kier molecular flexibility index (Phi) is 6.87. The van der Waals surface area contributed by atoms with Crippen molar-refractivity contribution in [3.63, 3.8) is 0 Å². The molecule has 2 aromatic rings. The molecule has 0 aliphatic rings. The highest BCUT2D eigenvalue weighted by molar-refractivity contribution is 5.96. The molecule has 2 rings (SSSR count). The predicted molar refractivity (Wildman–Crippen MR) is 111 cm³/mol. The Balaban J connectivity index is 1.96. The second-order valence-electron chi connectivity index (χ2n) is 7.29. The van der Waals surface area contributed by atoms with E-state index in [1.165, 1.54) is 0 Å². The van der Waals surface area contributed by atoms with E-state index in [9.17, 15) is 9.59 Å². The normalized spacial score (nSPS) is 10.8. The smallest absolute Gasteiger partial charge is 0.243 e. The minimum Gasteiger partial charge on any atom is -0.497 e. The molecule has 2 aromatic carbocycles. The zero-order chi connectivity index (χ0) is 20.7. The van der Waals surface area contributed by atoms with Crippen LogP contribution in [0.15, 0.2) is 42.5 Å². The third-order valence-corrected chi connectivity index (χ3v) is 3.89. The second-order valence-corrected chi connectivity index (χ2v) is 7.29. The number of carbonyl (C=O) groups is 2. The van der Waals surface area contributed by atoms with Gasteiger partial charge in [-0.15, -0.1) is 0 Å². The molecule has 0 saturated heterocycles. The zero-order valence-electron chi connectivity index (χ0n) is 16.9. The minimum atomic E-state index is -0.485. The Morgan fingerprint density at radius 2 is 1.46 bits per heavy atom. The standard InChI is InChI=1S/C21H27N3O4/c1-21(2,3)20(26)24-15-8-6-7-14(9-15)22-13-19(25)23-16-10-17(27-4)12-18(11-16)28-5/h6-12,22H,13H2,1-5H3,(H,23,25)(H,24,26). The molecule has 0 radical (unpaired) electrons. The summed E-state index contributed by atoms with van der Waals surface area (Å²) in [7, 11) is 3.10. The fraction of sp³-hybridized carbons (Fsp3) is 0.333. The van der Waals surface area contributed by atoms with Crippen LogP contribution < -0.4 is 25.4 Å². The van der Waals surface area contributed by atoms with E-state index in [4.69, 9.17) is 9.47 Å². The van der Waals surface area contributed by atoms with Crippen molar-refractivity contribution in [3.05, 3.63) is 42.5 Å². The number of anilines is 3. The third-order valence-electron chi connectivity index (χ3n) is 3.89. The van der Waals surface area contributed by atoms with Crippen LogP contribution in [0.4, 0.5) is 17.1 Å². The first-order valence-corrected chi connectivity index (χ1v) is 8.89. The quantitative estimate of drug-likeness (QED) is 0.676. The van der Waals surface area contributed by atoms with Crippen LogP contribution in [0.1, 0.15) is 20.8 Å². The topological polar surface area (TPSA) is 88.7 Å². The van der Waals surface area contributed by atoms with Crippen LogP contribution in [0.3, 0.4) is 0 Å². The van der Waals surface area contributed by atoms with Crippen molar-refractivity contribution in [2.45, 2.75) is 20.8 Å². The second kappa shape index (κ2) is 9.12. The molecule has 0 spiro atoms. The first-order chi connectivity index (χ1) is 13.2. The van der Waals surface area contributed by atoms with Crippen molar-refractivity contribution in [2.24, 2.45) is 5.41 Å². The van der Waals surface area contributed by atoms with Crippen molar-refractivity contribution >= 4 is 28.9 Å². The van der Waals surface area contributed by atoms with Gasteiger partial charge in [0.1, 0.15) is 11.5 Å². The molecule has 0 bridgehead atoms. The number of ether oxygens (including phenoxy) is 2. The summed E-state index contributed by atoms with van der Waals surface area (Å²) in [6, 6.07) is 12.4. The van der Waals surface area contributed by atoms with E-state index in [-0.39, 0.29) is 18.4 Å². The van der Waals surface area contributed by atoms with Gasteiger partial charge >= 0.3 is 0 Å². The minimum absolute atomic E-state index is 0.0657. The van der Waals surface area contributed by atoms with Crippen molar-refractivity contribution in [2.75, 3.05) is 36.7 Å². The Morgan fingerprint density at radius 3 is 2.04 bits per heavy atom. The van der Waals surface area contributed by atoms with Crippen LogP contribution >= 0.6 is 0 Å². The average molecular weight is 385 g/mol.